The Hall–Kier alpha value is -3.92. The first-order valence-corrected chi connectivity index (χ1v) is 9.10. The number of rotatable bonds is 2. The highest BCUT2D eigenvalue weighted by Gasteiger charge is 2.15. The zero-order chi connectivity index (χ0) is 18.5. The van der Waals surface area contributed by atoms with E-state index in [4.69, 9.17) is 8.83 Å². The Kier molecular flexibility index (Phi) is 3.14. The van der Waals surface area contributed by atoms with Gasteiger partial charge in [-0.25, -0.2) is 9.97 Å². The molecule has 0 fully saturated rings. The molecule has 4 heteroatoms. The third-order valence-electron chi connectivity index (χ3n) is 4.97. The van der Waals surface area contributed by atoms with Gasteiger partial charge in [0.15, 0.2) is 11.2 Å². The normalized spacial score (nSPS) is 11.6. The Bertz CT molecular complexity index is 1300. The quantitative estimate of drug-likeness (QED) is 0.355. The number of nitrogens with zero attached hydrogens (tertiary/aromatic N) is 2. The van der Waals surface area contributed by atoms with Crippen molar-refractivity contribution < 1.29 is 8.83 Å². The summed E-state index contributed by atoms with van der Waals surface area (Å²) in [4.78, 5) is 9.33. The summed E-state index contributed by atoms with van der Waals surface area (Å²) in [5.41, 5.74) is 5.17. The van der Waals surface area contributed by atoms with Gasteiger partial charge in [-0.1, -0.05) is 48.5 Å². The molecule has 6 aromatic rings. The molecule has 4 aromatic carbocycles. The number of oxazole rings is 2. The van der Waals surface area contributed by atoms with Crippen LogP contribution in [0.15, 0.2) is 93.8 Å². The Morgan fingerprint density at radius 1 is 0.464 bits per heavy atom. The summed E-state index contributed by atoms with van der Waals surface area (Å²) in [6.07, 6.45) is 0. The Balaban J connectivity index is 1.59. The molecule has 6 rings (SSSR count). The van der Waals surface area contributed by atoms with Crippen molar-refractivity contribution >= 4 is 33.0 Å². The Labute approximate surface area is 160 Å². The number of benzene rings is 4. The number of hydrogen-bond acceptors (Lipinski definition) is 4. The summed E-state index contributed by atoms with van der Waals surface area (Å²) < 4.78 is 12.0. The van der Waals surface area contributed by atoms with Crippen molar-refractivity contribution in [3.63, 3.8) is 0 Å². The second-order valence-corrected chi connectivity index (χ2v) is 6.68. The topological polar surface area (TPSA) is 52.1 Å². The second-order valence-electron chi connectivity index (χ2n) is 6.68. The molecule has 0 amide bonds. The predicted octanol–water partition coefficient (Wildman–Crippen LogP) is 6.46. The van der Waals surface area contributed by atoms with Gasteiger partial charge in [0.1, 0.15) is 11.0 Å². The first kappa shape index (κ1) is 15.2. The molecule has 0 unspecified atom stereocenters. The van der Waals surface area contributed by atoms with Gasteiger partial charge in [0.25, 0.3) is 0 Å². The highest BCUT2D eigenvalue weighted by Crippen LogP contribution is 2.36. The smallest absolute Gasteiger partial charge is 0.227 e. The molecule has 132 valence electrons. The summed E-state index contributed by atoms with van der Waals surface area (Å²) in [6, 6.07) is 27.8. The zero-order valence-corrected chi connectivity index (χ0v) is 14.8. The lowest BCUT2D eigenvalue weighted by molar-refractivity contribution is 0.619. The molecule has 0 aliphatic carbocycles. The van der Waals surface area contributed by atoms with Gasteiger partial charge < -0.3 is 8.83 Å². The standard InChI is InChI=1S/C24H14N2O2/c1-3-13-21-19(11-1)25-23(27-21)17-9-5-8-16-15(17)7-6-10-18(16)24-26-20-12-2-4-14-22(20)28-24/h1-14H. The summed E-state index contributed by atoms with van der Waals surface area (Å²) in [5, 5.41) is 2.10. The van der Waals surface area contributed by atoms with Crippen LogP contribution in [-0.2, 0) is 0 Å². The molecule has 0 atom stereocenters. The van der Waals surface area contributed by atoms with Crippen LogP contribution in [-0.4, -0.2) is 9.97 Å². The highest BCUT2D eigenvalue weighted by atomic mass is 16.4. The molecular formula is C24H14N2O2. The lowest BCUT2D eigenvalue weighted by atomic mass is 10.00. The van der Waals surface area contributed by atoms with Crippen molar-refractivity contribution in [1.29, 1.82) is 0 Å². The molecule has 0 spiro atoms. The molecule has 0 aliphatic rings. The first-order valence-electron chi connectivity index (χ1n) is 9.10. The fourth-order valence-corrected chi connectivity index (χ4v) is 3.66. The molecule has 2 aromatic heterocycles. The van der Waals surface area contributed by atoms with Crippen molar-refractivity contribution in [3.05, 3.63) is 84.9 Å². The van der Waals surface area contributed by atoms with Crippen molar-refractivity contribution in [2.45, 2.75) is 0 Å². The van der Waals surface area contributed by atoms with Crippen molar-refractivity contribution in [2.75, 3.05) is 0 Å². The largest absolute Gasteiger partial charge is 0.436 e. The van der Waals surface area contributed by atoms with Crippen LogP contribution in [0.4, 0.5) is 0 Å². The van der Waals surface area contributed by atoms with E-state index in [1.807, 2.05) is 72.8 Å². The van der Waals surface area contributed by atoms with Gasteiger partial charge in [0.2, 0.25) is 11.8 Å². The molecule has 4 nitrogen and oxygen atoms in total. The average molecular weight is 362 g/mol. The number of hydrogen-bond donors (Lipinski definition) is 0. The first-order chi connectivity index (χ1) is 13.9. The van der Waals surface area contributed by atoms with E-state index in [0.717, 1.165) is 44.1 Å². The maximum absolute atomic E-state index is 6.01. The van der Waals surface area contributed by atoms with Crippen molar-refractivity contribution in [1.82, 2.24) is 9.97 Å². The minimum absolute atomic E-state index is 0.613. The predicted molar refractivity (Wildman–Crippen MR) is 110 cm³/mol. The zero-order valence-electron chi connectivity index (χ0n) is 14.8. The summed E-state index contributed by atoms with van der Waals surface area (Å²) in [7, 11) is 0. The number of para-hydroxylation sites is 4. The van der Waals surface area contributed by atoms with Gasteiger partial charge in [-0.05, 0) is 47.2 Å². The fourth-order valence-electron chi connectivity index (χ4n) is 3.66. The summed E-state index contributed by atoms with van der Waals surface area (Å²) in [6.45, 7) is 0. The third-order valence-corrected chi connectivity index (χ3v) is 4.97. The lowest BCUT2D eigenvalue weighted by Gasteiger charge is -2.06. The molecular weight excluding hydrogens is 348 g/mol. The minimum atomic E-state index is 0.613. The van der Waals surface area contributed by atoms with E-state index in [1.54, 1.807) is 0 Å². The van der Waals surface area contributed by atoms with Gasteiger partial charge in [0, 0.05) is 11.1 Å². The molecule has 28 heavy (non-hydrogen) atoms. The van der Waals surface area contributed by atoms with Gasteiger partial charge in [-0.2, -0.15) is 0 Å². The van der Waals surface area contributed by atoms with E-state index < -0.39 is 0 Å². The molecule has 0 bridgehead atoms. The van der Waals surface area contributed by atoms with E-state index in [1.165, 1.54) is 0 Å². The van der Waals surface area contributed by atoms with Gasteiger partial charge in [0.05, 0.1) is 0 Å². The van der Waals surface area contributed by atoms with Crippen LogP contribution in [0, 0.1) is 0 Å². The SMILES string of the molecule is c1ccc2oc(-c3cccc4c(-c5nc6ccccc6o5)cccc34)nc2c1. The van der Waals surface area contributed by atoms with E-state index in [0.29, 0.717) is 11.8 Å². The monoisotopic (exact) mass is 362 g/mol. The van der Waals surface area contributed by atoms with Crippen LogP contribution >= 0.6 is 0 Å². The minimum Gasteiger partial charge on any atom is -0.436 e. The Morgan fingerprint density at radius 3 is 1.39 bits per heavy atom. The van der Waals surface area contributed by atoms with E-state index in [2.05, 4.69) is 22.1 Å². The van der Waals surface area contributed by atoms with Crippen molar-refractivity contribution in [3.8, 4) is 22.9 Å². The fraction of sp³-hybridized carbons (Fsp3) is 0. The van der Waals surface area contributed by atoms with E-state index in [-0.39, 0.29) is 0 Å². The summed E-state index contributed by atoms with van der Waals surface area (Å²) >= 11 is 0. The van der Waals surface area contributed by atoms with Crippen LogP contribution in [0.1, 0.15) is 0 Å². The van der Waals surface area contributed by atoms with E-state index >= 15 is 0 Å². The van der Waals surface area contributed by atoms with Crippen LogP contribution < -0.4 is 0 Å². The van der Waals surface area contributed by atoms with Crippen LogP contribution in [0.2, 0.25) is 0 Å². The lowest BCUT2D eigenvalue weighted by Crippen LogP contribution is -1.85. The van der Waals surface area contributed by atoms with E-state index in [9.17, 15) is 0 Å². The van der Waals surface area contributed by atoms with Gasteiger partial charge >= 0.3 is 0 Å². The average Bonchev–Trinajstić information content (AvgIpc) is 3.36. The van der Waals surface area contributed by atoms with Crippen LogP contribution in [0.3, 0.4) is 0 Å². The number of aromatic nitrogens is 2. The second kappa shape index (κ2) is 5.79. The molecule has 0 saturated carbocycles. The number of fused-ring (bicyclic) bond motifs is 3. The molecule has 0 aliphatic heterocycles. The summed E-state index contributed by atoms with van der Waals surface area (Å²) in [5.74, 6) is 1.23. The van der Waals surface area contributed by atoms with Gasteiger partial charge in [-0.15, -0.1) is 0 Å². The molecule has 0 saturated heterocycles. The van der Waals surface area contributed by atoms with Crippen molar-refractivity contribution in [2.24, 2.45) is 0 Å². The molecule has 0 N–H and O–H groups in total. The molecule has 0 radical (unpaired) electrons. The van der Waals surface area contributed by atoms with Gasteiger partial charge in [-0.3, -0.25) is 0 Å². The maximum Gasteiger partial charge on any atom is 0.227 e. The Morgan fingerprint density at radius 2 is 0.929 bits per heavy atom. The highest BCUT2D eigenvalue weighted by molar-refractivity contribution is 6.03. The molecule has 2 heterocycles. The van der Waals surface area contributed by atoms with Crippen LogP contribution in [0.25, 0.3) is 55.9 Å². The maximum atomic E-state index is 6.01. The van der Waals surface area contributed by atoms with Crippen LogP contribution in [0.5, 0.6) is 0 Å². The third kappa shape index (κ3) is 2.25.